The van der Waals surface area contributed by atoms with Gasteiger partial charge >= 0.3 is 0 Å². The Bertz CT molecular complexity index is 410. The van der Waals surface area contributed by atoms with E-state index < -0.39 is 0 Å². The Morgan fingerprint density at radius 2 is 2.17 bits per heavy atom. The van der Waals surface area contributed by atoms with Gasteiger partial charge in [0.15, 0.2) is 0 Å². The van der Waals surface area contributed by atoms with Crippen LogP contribution < -0.4 is 9.47 Å². The molecule has 1 aromatic rings. The van der Waals surface area contributed by atoms with Crippen LogP contribution in [0.4, 0.5) is 0 Å². The summed E-state index contributed by atoms with van der Waals surface area (Å²) >= 11 is 0. The van der Waals surface area contributed by atoms with Crippen LogP contribution in [0.3, 0.4) is 0 Å². The maximum absolute atomic E-state index is 9.15. The molecule has 2 atom stereocenters. The number of aliphatic hydroxyl groups excluding tert-OH is 1. The summed E-state index contributed by atoms with van der Waals surface area (Å²) in [6, 6.07) is 5.64. The minimum atomic E-state index is -0.192. The van der Waals surface area contributed by atoms with Gasteiger partial charge in [-0.1, -0.05) is 0 Å². The lowest BCUT2D eigenvalue weighted by Crippen LogP contribution is -2.21. The fourth-order valence-electron chi connectivity index (χ4n) is 2.18. The SMILES string of the molecule is COc1ccc(C2OC(CO)CN2C)c(OC)c1. The Morgan fingerprint density at radius 3 is 2.72 bits per heavy atom. The Labute approximate surface area is 107 Å². The molecule has 2 rings (SSSR count). The van der Waals surface area contributed by atoms with Crippen LogP contribution in [0.5, 0.6) is 11.5 Å². The molecular weight excluding hydrogens is 234 g/mol. The number of hydrogen-bond donors (Lipinski definition) is 1. The summed E-state index contributed by atoms with van der Waals surface area (Å²) in [4.78, 5) is 2.05. The van der Waals surface area contributed by atoms with Gasteiger partial charge in [0.2, 0.25) is 0 Å². The minimum absolute atomic E-state index is 0.0271. The molecule has 1 heterocycles. The molecule has 1 saturated heterocycles. The Morgan fingerprint density at radius 1 is 1.39 bits per heavy atom. The second-order valence-electron chi connectivity index (χ2n) is 4.34. The normalized spacial score (nSPS) is 24.2. The predicted octanol–water partition coefficient (Wildman–Crippen LogP) is 1.03. The van der Waals surface area contributed by atoms with Crippen LogP contribution in [0.15, 0.2) is 18.2 Å². The largest absolute Gasteiger partial charge is 0.497 e. The van der Waals surface area contributed by atoms with Crippen molar-refractivity contribution in [1.82, 2.24) is 4.90 Å². The first kappa shape index (κ1) is 13.1. The second-order valence-corrected chi connectivity index (χ2v) is 4.34. The topological polar surface area (TPSA) is 51.2 Å². The molecule has 0 aromatic heterocycles. The highest BCUT2D eigenvalue weighted by molar-refractivity contribution is 5.42. The first-order chi connectivity index (χ1) is 8.69. The van der Waals surface area contributed by atoms with E-state index in [0.29, 0.717) is 6.54 Å². The number of ether oxygens (including phenoxy) is 3. The van der Waals surface area contributed by atoms with E-state index in [2.05, 4.69) is 0 Å². The summed E-state index contributed by atoms with van der Waals surface area (Å²) in [6.07, 6.45) is -0.338. The maximum atomic E-state index is 9.15. The molecule has 0 radical (unpaired) electrons. The highest BCUT2D eigenvalue weighted by atomic mass is 16.5. The Kier molecular flexibility index (Phi) is 4.06. The molecule has 0 saturated carbocycles. The lowest BCUT2D eigenvalue weighted by atomic mass is 10.1. The van der Waals surface area contributed by atoms with E-state index in [0.717, 1.165) is 17.1 Å². The van der Waals surface area contributed by atoms with Crippen molar-refractivity contribution < 1.29 is 19.3 Å². The van der Waals surface area contributed by atoms with Crippen LogP contribution in [-0.2, 0) is 4.74 Å². The molecule has 5 nitrogen and oxygen atoms in total. The van der Waals surface area contributed by atoms with Gasteiger partial charge < -0.3 is 19.3 Å². The highest BCUT2D eigenvalue weighted by Crippen LogP contribution is 2.36. The molecule has 1 aromatic carbocycles. The van der Waals surface area contributed by atoms with Gasteiger partial charge in [0, 0.05) is 18.2 Å². The molecule has 100 valence electrons. The molecule has 0 spiro atoms. The van der Waals surface area contributed by atoms with Crippen LogP contribution in [0.25, 0.3) is 0 Å². The first-order valence-corrected chi connectivity index (χ1v) is 5.88. The van der Waals surface area contributed by atoms with Gasteiger partial charge in [0.1, 0.15) is 17.7 Å². The van der Waals surface area contributed by atoms with Gasteiger partial charge in [-0.15, -0.1) is 0 Å². The third kappa shape index (κ3) is 2.43. The average Bonchev–Trinajstić information content (AvgIpc) is 2.79. The van der Waals surface area contributed by atoms with E-state index in [9.17, 15) is 0 Å². The second kappa shape index (κ2) is 5.56. The zero-order valence-electron chi connectivity index (χ0n) is 10.9. The van der Waals surface area contributed by atoms with E-state index >= 15 is 0 Å². The van der Waals surface area contributed by atoms with Crippen molar-refractivity contribution >= 4 is 0 Å². The molecule has 2 unspecified atom stereocenters. The van der Waals surface area contributed by atoms with Crippen LogP contribution >= 0.6 is 0 Å². The lowest BCUT2D eigenvalue weighted by Gasteiger charge is -2.21. The number of benzene rings is 1. The number of methoxy groups -OCH3 is 2. The van der Waals surface area contributed by atoms with Crippen molar-refractivity contribution in [3.8, 4) is 11.5 Å². The van der Waals surface area contributed by atoms with Crippen LogP contribution in [0, 0.1) is 0 Å². The molecule has 1 aliphatic heterocycles. The van der Waals surface area contributed by atoms with Gasteiger partial charge in [0.05, 0.1) is 26.9 Å². The molecule has 1 fully saturated rings. The zero-order chi connectivity index (χ0) is 13.1. The van der Waals surface area contributed by atoms with Crippen molar-refractivity contribution in [2.24, 2.45) is 0 Å². The number of nitrogens with zero attached hydrogens (tertiary/aromatic N) is 1. The molecule has 0 amide bonds. The highest BCUT2D eigenvalue weighted by Gasteiger charge is 2.32. The molecule has 5 heteroatoms. The van der Waals surface area contributed by atoms with E-state index in [1.807, 2.05) is 30.1 Å². The molecular formula is C13H19NO4. The van der Waals surface area contributed by atoms with Gasteiger partial charge in [-0.3, -0.25) is 4.90 Å². The molecule has 1 N–H and O–H groups in total. The van der Waals surface area contributed by atoms with E-state index in [1.165, 1.54) is 0 Å². The zero-order valence-corrected chi connectivity index (χ0v) is 10.9. The van der Waals surface area contributed by atoms with Crippen molar-refractivity contribution in [3.63, 3.8) is 0 Å². The fraction of sp³-hybridized carbons (Fsp3) is 0.538. The number of likely N-dealkylation sites (N-methyl/N-ethyl adjacent to an activating group) is 1. The number of rotatable bonds is 4. The van der Waals surface area contributed by atoms with Crippen molar-refractivity contribution in [3.05, 3.63) is 23.8 Å². The molecule has 1 aliphatic rings. The van der Waals surface area contributed by atoms with Crippen LogP contribution in [0.1, 0.15) is 11.8 Å². The molecule has 0 aliphatic carbocycles. The quantitative estimate of drug-likeness (QED) is 0.868. The third-order valence-electron chi connectivity index (χ3n) is 3.12. The van der Waals surface area contributed by atoms with Crippen molar-refractivity contribution in [2.75, 3.05) is 34.4 Å². The summed E-state index contributed by atoms with van der Waals surface area (Å²) < 4.78 is 16.3. The third-order valence-corrected chi connectivity index (χ3v) is 3.12. The molecule has 18 heavy (non-hydrogen) atoms. The Hall–Kier alpha value is -1.30. The Balaban J connectivity index is 2.27. The maximum Gasteiger partial charge on any atom is 0.140 e. The lowest BCUT2D eigenvalue weighted by molar-refractivity contribution is -0.0150. The summed E-state index contributed by atoms with van der Waals surface area (Å²) in [5.74, 6) is 1.47. The van der Waals surface area contributed by atoms with Crippen molar-refractivity contribution in [1.29, 1.82) is 0 Å². The molecule has 0 bridgehead atoms. The van der Waals surface area contributed by atoms with Gasteiger partial charge in [0.25, 0.3) is 0 Å². The minimum Gasteiger partial charge on any atom is -0.497 e. The predicted molar refractivity (Wildman–Crippen MR) is 66.9 cm³/mol. The average molecular weight is 253 g/mol. The number of aliphatic hydroxyl groups is 1. The monoisotopic (exact) mass is 253 g/mol. The van der Waals surface area contributed by atoms with Crippen LogP contribution in [0.2, 0.25) is 0 Å². The van der Waals surface area contributed by atoms with Crippen LogP contribution in [-0.4, -0.2) is 50.5 Å². The van der Waals surface area contributed by atoms with E-state index in [4.69, 9.17) is 19.3 Å². The van der Waals surface area contributed by atoms with Crippen molar-refractivity contribution in [2.45, 2.75) is 12.3 Å². The standard InChI is InChI=1S/C13H19NO4/c1-14-7-10(8-15)18-13(14)11-5-4-9(16-2)6-12(11)17-3/h4-6,10,13,15H,7-8H2,1-3H3. The van der Waals surface area contributed by atoms with Gasteiger partial charge in [-0.05, 0) is 19.2 Å². The summed E-state index contributed by atoms with van der Waals surface area (Å²) in [5, 5.41) is 9.15. The summed E-state index contributed by atoms with van der Waals surface area (Å²) in [6.45, 7) is 0.732. The van der Waals surface area contributed by atoms with Gasteiger partial charge in [-0.2, -0.15) is 0 Å². The summed E-state index contributed by atoms with van der Waals surface area (Å²) in [5.41, 5.74) is 0.941. The van der Waals surface area contributed by atoms with Gasteiger partial charge in [-0.25, -0.2) is 0 Å². The van der Waals surface area contributed by atoms with E-state index in [-0.39, 0.29) is 18.9 Å². The smallest absolute Gasteiger partial charge is 0.140 e. The number of hydrogen-bond acceptors (Lipinski definition) is 5. The first-order valence-electron chi connectivity index (χ1n) is 5.88. The van der Waals surface area contributed by atoms with E-state index in [1.54, 1.807) is 14.2 Å². The summed E-state index contributed by atoms with van der Waals surface area (Å²) in [7, 11) is 5.20. The fourth-order valence-corrected chi connectivity index (χ4v) is 2.18.